The molecule has 13 aromatic rings. The maximum Gasteiger partial charge on any atom is 0.319 e. The van der Waals surface area contributed by atoms with Gasteiger partial charge >= 0.3 is 24.1 Å². The van der Waals surface area contributed by atoms with Gasteiger partial charge in [0.15, 0.2) is 0 Å². The zero-order valence-electron chi connectivity index (χ0n) is 65.5. The zero-order chi connectivity index (χ0) is 83.7. The van der Waals surface area contributed by atoms with Crippen LogP contribution in [-0.4, -0.2) is 71.7 Å². The Kier molecular flexibility index (Phi) is 24.3. The first-order valence-corrected chi connectivity index (χ1v) is 40.8. The van der Waals surface area contributed by atoms with Gasteiger partial charge in [0.05, 0.1) is 94.5 Å². The van der Waals surface area contributed by atoms with Gasteiger partial charge in [0.25, 0.3) is 0 Å². The van der Waals surface area contributed by atoms with Gasteiger partial charge in [-0.1, -0.05) is 84.9 Å². The number of nitrogens with one attached hydrogen (secondary N) is 8. The molecule has 0 saturated heterocycles. The first-order chi connectivity index (χ1) is 57.6. The van der Waals surface area contributed by atoms with Crippen molar-refractivity contribution in [3.63, 3.8) is 0 Å². The number of hydrogen-bond donors (Lipinski definition) is 8. The molecule has 0 saturated carbocycles. The number of carbonyl (C=O) groups is 4. The lowest BCUT2D eigenvalue weighted by Gasteiger charge is -2.28. The molecule has 119 heavy (non-hydrogen) atoms. The van der Waals surface area contributed by atoms with Gasteiger partial charge in [0.1, 0.15) is 26.1 Å². The number of para-hydroxylation sites is 1. The summed E-state index contributed by atoms with van der Waals surface area (Å²) < 4.78 is 21.6. The van der Waals surface area contributed by atoms with Gasteiger partial charge in [-0.25, -0.2) is 49.1 Å². The Hall–Kier alpha value is -14.6. The maximum absolute atomic E-state index is 14.4. The van der Waals surface area contributed by atoms with Crippen LogP contribution < -0.4 is 47.3 Å². The predicted molar refractivity (Wildman–Crippen MR) is 460 cm³/mol. The number of ether oxygens (including phenoxy) is 1. The number of fused-ring (bicyclic) bond motifs is 1. The lowest BCUT2D eigenvalue weighted by molar-refractivity contribution is 0.239. The van der Waals surface area contributed by atoms with Crippen molar-refractivity contribution >= 4 is 103 Å². The second kappa shape index (κ2) is 35.7. The number of rotatable bonds is 14. The highest BCUT2D eigenvalue weighted by molar-refractivity contribution is 7.12. The fourth-order valence-corrected chi connectivity index (χ4v) is 18.3. The molecule has 7 aromatic heterocycles. The number of aryl methyl sites for hydroxylation is 4. The summed E-state index contributed by atoms with van der Waals surface area (Å²) in [6.45, 7) is 13.3. The first-order valence-electron chi connectivity index (χ1n) is 37.3. The van der Waals surface area contributed by atoms with Crippen LogP contribution in [0.1, 0.15) is 127 Å². The number of benzene rings is 6. The second-order valence-corrected chi connectivity index (χ2v) is 31.5. The summed E-state index contributed by atoms with van der Waals surface area (Å²) in [5.74, 6) is -0.126. The number of halogens is 1. The average molecular weight is 1650 g/mol. The molecule has 29 heteroatoms. The summed E-state index contributed by atoms with van der Waals surface area (Å²) in [6.07, 6.45) is 3.77. The minimum absolute atomic E-state index is 0.142. The van der Waals surface area contributed by atoms with Gasteiger partial charge < -0.3 is 51.8 Å². The van der Waals surface area contributed by atoms with Crippen LogP contribution in [0.4, 0.5) is 23.6 Å². The van der Waals surface area contributed by atoms with E-state index in [-0.39, 0.29) is 41.8 Å². The van der Waals surface area contributed by atoms with E-state index in [9.17, 15) is 23.6 Å². The van der Waals surface area contributed by atoms with Crippen molar-refractivity contribution in [3.8, 4) is 75.2 Å². The van der Waals surface area contributed by atoms with E-state index in [1.165, 1.54) is 28.9 Å². The van der Waals surface area contributed by atoms with Gasteiger partial charge in [-0.3, -0.25) is 0 Å². The number of hydrogen-bond acceptors (Lipinski definition) is 19. The second-order valence-electron chi connectivity index (χ2n) is 28.1. The highest BCUT2D eigenvalue weighted by Gasteiger charge is 2.36. The largest absolute Gasteiger partial charge is 0.481 e. The van der Waals surface area contributed by atoms with Crippen molar-refractivity contribution in [1.29, 1.82) is 21.0 Å². The summed E-state index contributed by atoms with van der Waals surface area (Å²) in [5.41, 5.74) is 23.5. The molecule has 17 rings (SSSR count). The van der Waals surface area contributed by atoms with Gasteiger partial charge in [-0.15, -0.1) is 45.3 Å². The van der Waals surface area contributed by atoms with Gasteiger partial charge in [0.2, 0.25) is 11.8 Å². The molecule has 8 amide bonds. The molecular weight excluding hydrogens is 1570 g/mol. The van der Waals surface area contributed by atoms with Crippen LogP contribution in [-0.2, 0) is 13.5 Å². The fourth-order valence-electron chi connectivity index (χ4n) is 14.5. The molecule has 4 unspecified atom stereocenters. The summed E-state index contributed by atoms with van der Waals surface area (Å²) in [6, 6.07) is 57.3. The molecule has 590 valence electrons. The van der Waals surface area contributed by atoms with Crippen molar-refractivity contribution in [2.75, 3.05) is 7.11 Å². The van der Waals surface area contributed by atoms with Gasteiger partial charge in [0, 0.05) is 131 Å². The molecule has 11 heterocycles. The standard InChI is InChI=1S/C25H21N5OS.C22H19N5O2S.C22H18N4OS.C21H16FN5OS/c1-14-10-16(12-26)8-9-18(14)19-13-32-24(28-19)22-15(2)27-25(31)29-23(22)21-11-17-6-4-5-7-20(17)30(21)3;1-12-8-14(9-23)4-6-16(12)17-11-30-21(26-17)19-13(2)25-22(28)27-20(19)15-5-7-18(29-3)24-10-15;1-14-20(18(26-22(27)24-14)11-15-5-3-2-4-6-15)21-25-19(13-28-21)17-9-7-16(12-23)8-10-17;1-11-8-13(9-23)5-6-14(11)16-10-29-20(26-16)17-12(2)25-21(28)27-18(17)15-4-3-7-24-19(15)22/h4-11,13,23H,1-3H3,(H2,27,29,31);4-8,10-11,20H,1-3H3,(H2,25,27,28);2-10,13,18H,11H2,1H3,(H2,24,26,27);3-8,10,18H,1-2H3,(H2,25,27,28). The molecule has 0 fully saturated rings. The van der Waals surface area contributed by atoms with E-state index >= 15 is 0 Å². The molecule has 0 bridgehead atoms. The van der Waals surface area contributed by atoms with E-state index < -0.39 is 18.0 Å². The number of carbonyl (C=O) groups excluding carboxylic acids is 4. The zero-order valence-corrected chi connectivity index (χ0v) is 68.8. The van der Waals surface area contributed by atoms with Crippen molar-refractivity contribution < 1.29 is 28.3 Å². The first kappa shape index (κ1) is 81.0. The van der Waals surface area contributed by atoms with Crippen LogP contribution in [0.5, 0.6) is 5.88 Å². The lowest BCUT2D eigenvalue weighted by atomic mass is 9.96. The number of aromatic nitrogens is 7. The van der Waals surface area contributed by atoms with Crippen molar-refractivity contribution in [2.45, 2.75) is 79.1 Å². The SMILES string of the molecule is CC1=C(c2nc(-c3ccc(C#N)cc3)cs2)C(Cc2ccccc2)NC(=O)N1.CC1=C(c2nc(-c3ccc(C#N)cc3C)cs2)C(c2cc3ccccc3n2C)NC(=O)N1.CC1=C(c2nc(-c3ccc(C#N)cc3C)cs2)C(c2cccnc2F)NC(=O)N1.COc1ccc(C2NC(=O)NC(C)=C2c2nc(-c3ccc(C#N)cc3C)cs2)cn1. The van der Waals surface area contributed by atoms with E-state index in [2.05, 4.69) is 112 Å². The van der Waals surface area contributed by atoms with Crippen molar-refractivity contribution in [1.82, 2.24) is 77.0 Å². The van der Waals surface area contributed by atoms with Crippen molar-refractivity contribution in [2.24, 2.45) is 7.05 Å². The van der Waals surface area contributed by atoms with Crippen LogP contribution in [0.3, 0.4) is 0 Å². The van der Waals surface area contributed by atoms with Crippen LogP contribution >= 0.6 is 45.3 Å². The smallest absolute Gasteiger partial charge is 0.319 e. The Morgan fingerprint density at radius 1 is 0.454 bits per heavy atom. The maximum atomic E-state index is 14.4. The normalized spacial score (nSPS) is 16.1. The van der Waals surface area contributed by atoms with Crippen molar-refractivity contribution in [3.05, 3.63) is 308 Å². The molecule has 4 aliphatic heterocycles. The number of thiazole rings is 4. The Bertz CT molecular complexity index is 6460. The minimum Gasteiger partial charge on any atom is -0.481 e. The summed E-state index contributed by atoms with van der Waals surface area (Å²) in [5, 5.41) is 71.8. The number of amides is 8. The van der Waals surface area contributed by atoms with E-state index in [1.54, 1.807) is 85.4 Å². The Labute approximate surface area is 700 Å². The molecule has 4 atom stereocenters. The van der Waals surface area contributed by atoms with E-state index in [1.807, 2.05) is 161 Å². The summed E-state index contributed by atoms with van der Waals surface area (Å²) >= 11 is 6.03. The monoisotopic (exact) mass is 1650 g/mol. The Balaban J connectivity index is 0.000000130. The molecule has 4 aliphatic rings. The molecular formula is C90H74FN19O5S4. The molecule has 0 aliphatic carbocycles. The predicted octanol–water partition coefficient (Wildman–Crippen LogP) is 18.1. The van der Waals surface area contributed by atoms with Gasteiger partial charge in [-0.05, 0) is 161 Å². The number of urea groups is 4. The molecule has 0 spiro atoms. The van der Waals surface area contributed by atoms with Crippen LogP contribution in [0.25, 0.3) is 78.2 Å². The van der Waals surface area contributed by atoms with E-state index in [0.29, 0.717) is 50.8 Å². The average Bonchev–Trinajstić information content (AvgIpc) is 1.65. The third-order valence-corrected chi connectivity index (χ3v) is 23.8. The molecule has 0 radical (unpaired) electrons. The highest BCUT2D eigenvalue weighted by atomic mass is 32.1. The highest BCUT2D eigenvalue weighted by Crippen LogP contribution is 2.43. The third-order valence-electron chi connectivity index (χ3n) is 20.3. The molecule has 6 aromatic carbocycles. The van der Waals surface area contributed by atoms with Gasteiger partial charge in [-0.2, -0.15) is 25.4 Å². The van der Waals surface area contributed by atoms with Crippen LogP contribution in [0.15, 0.2) is 220 Å². The third kappa shape index (κ3) is 17.8. The quantitative estimate of drug-likeness (QED) is 0.0469. The van der Waals surface area contributed by atoms with Crippen LogP contribution in [0.2, 0.25) is 0 Å². The number of nitriles is 4. The lowest BCUT2D eigenvalue weighted by Crippen LogP contribution is -2.48. The van der Waals surface area contributed by atoms with E-state index in [4.69, 9.17) is 45.7 Å². The Morgan fingerprint density at radius 3 is 1.37 bits per heavy atom. The van der Waals surface area contributed by atoms with Crippen LogP contribution in [0, 0.1) is 72.0 Å². The number of nitrogens with zero attached hydrogens (tertiary/aromatic N) is 11. The topological polar surface area (TPSA) is 351 Å². The molecule has 24 nitrogen and oxygen atoms in total. The van der Waals surface area contributed by atoms with E-state index in [0.717, 1.165) is 138 Å². The fraction of sp³-hybridized carbons (Fsp3) is 0.156. The Morgan fingerprint density at radius 2 is 0.891 bits per heavy atom. The molecule has 8 N–H and O–H groups in total. The summed E-state index contributed by atoms with van der Waals surface area (Å²) in [4.78, 5) is 75.9. The number of allylic oxidation sites excluding steroid dienone is 4. The number of pyridine rings is 2. The minimum atomic E-state index is -0.696. The summed E-state index contributed by atoms with van der Waals surface area (Å²) in [7, 11) is 3.58. The number of methoxy groups -OCH3 is 1.